The number of aryl methyl sites for hydroxylation is 1. The molecular weight excluding hydrogens is 188 g/mol. The number of rotatable bonds is 5. The number of hydrogen-bond acceptors (Lipinski definition) is 2. The minimum Gasteiger partial charge on any atom is -0.357 e. The van der Waals surface area contributed by atoms with Gasteiger partial charge >= 0.3 is 0 Å². The highest BCUT2D eigenvalue weighted by atomic mass is 14.9. The van der Waals surface area contributed by atoms with Crippen LogP contribution in [0.3, 0.4) is 0 Å². The summed E-state index contributed by atoms with van der Waals surface area (Å²) in [7, 11) is 2.03. The van der Waals surface area contributed by atoms with Gasteiger partial charge in [-0.1, -0.05) is 0 Å². The molecule has 0 bridgehead atoms. The first-order valence-corrected chi connectivity index (χ1v) is 5.14. The number of nitrogens with zero attached hydrogens (tertiary/aromatic N) is 2. The van der Waals surface area contributed by atoms with Crippen molar-refractivity contribution in [3.63, 3.8) is 0 Å². The molecule has 15 heavy (non-hydrogen) atoms. The second kappa shape index (κ2) is 4.79. The first-order valence-electron chi connectivity index (χ1n) is 5.14. The van der Waals surface area contributed by atoms with Crippen molar-refractivity contribution in [2.75, 3.05) is 6.54 Å². The van der Waals surface area contributed by atoms with Crippen LogP contribution >= 0.6 is 0 Å². The molecule has 0 aromatic carbocycles. The van der Waals surface area contributed by atoms with Crippen LogP contribution in [0.15, 0.2) is 30.9 Å². The Morgan fingerprint density at radius 1 is 1.53 bits per heavy atom. The molecule has 0 spiro atoms. The summed E-state index contributed by atoms with van der Waals surface area (Å²) in [5.41, 5.74) is 1.32. The Bertz CT molecular complexity index is 388. The summed E-state index contributed by atoms with van der Waals surface area (Å²) in [6.07, 6.45) is 8.77. The Morgan fingerprint density at radius 3 is 3.13 bits per heavy atom. The molecule has 0 unspecified atom stereocenters. The van der Waals surface area contributed by atoms with Gasteiger partial charge in [0.15, 0.2) is 0 Å². The molecule has 0 atom stereocenters. The van der Waals surface area contributed by atoms with Gasteiger partial charge in [0.05, 0.1) is 0 Å². The predicted octanol–water partition coefficient (Wildman–Crippen LogP) is 1.08. The number of imidazole rings is 1. The fourth-order valence-corrected chi connectivity index (χ4v) is 1.54. The summed E-state index contributed by atoms with van der Waals surface area (Å²) in [6, 6.07) is 2.12. The van der Waals surface area contributed by atoms with Gasteiger partial charge in [0.2, 0.25) is 0 Å². The highest BCUT2D eigenvalue weighted by molar-refractivity contribution is 5.09. The molecular formula is C11H16N4. The van der Waals surface area contributed by atoms with Crippen LogP contribution in [0.2, 0.25) is 0 Å². The quantitative estimate of drug-likeness (QED) is 0.716. The van der Waals surface area contributed by atoms with E-state index in [1.54, 1.807) is 6.20 Å². The third kappa shape index (κ3) is 2.95. The number of aromatic nitrogens is 3. The van der Waals surface area contributed by atoms with Crippen molar-refractivity contribution in [1.82, 2.24) is 19.9 Å². The molecule has 2 aromatic rings. The molecule has 0 aliphatic carbocycles. The van der Waals surface area contributed by atoms with E-state index < -0.39 is 0 Å². The normalized spacial score (nSPS) is 10.7. The molecule has 0 aliphatic rings. The van der Waals surface area contributed by atoms with Gasteiger partial charge in [-0.15, -0.1) is 0 Å². The zero-order valence-corrected chi connectivity index (χ0v) is 8.90. The van der Waals surface area contributed by atoms with E-state index >= 15 is 0 Å². The van der Waals surface area contributed by atoms with E-state index in [0.717, 1.165) is 25.3 Å². The molecule has 0 aliphatic heterocycles. The summed E-state index contributed by atoms with van der Waals surface area (Å²) in [5, 5.41) is 3.38. The summed E-state index contributed by atoms with van der Waals surface area (Å²) in [5.74, 6) is 1.04. The summed E-state index contributed by atoms with van der Waals surface area (Å²) in [6.45, 7) is 1.87. The second-order valence-corrected chi connectivity index (χ2v) is 3.65. The van der Waals surface area contributed by atoms with Gasteiger partial charge < -0.3 is 14.9 Å². The SMILES string of the molecule is Cn1ccc(CNCCc2ncc[nH]2)c1. The van der Waals surface area contributed by atoms with Crippen molar-refractivity contribution in [3.8, 4) is 0 Å². The van der Waals surface area contributed by atoms with Crippen LogP contribution in [0.5, 0.6) is 0 Å². The Labute approximate surface area is 89.3 Å². The van der Waals surface area contributed by atoms with Crippen molar-refractivity contribution in [2.24, 2.45) is 7.05 Å². The van der Waals surface area contributed by atoms with Crippen LogP contribution in [0.1, 0.15) is 11.4 Å². The molecule has 0 radical (unpaired) electrons. The number of hydrogen-bond donors (Lipinski definition) is 2. The Kier molecular flexibility index (Phi) is 3.19. The molecule has 2 rings (SSSR count). The highest BCUT2D eigenvalue weighted by Crippen LogP contribution is 1.98. The standard InChI is InChI=1S/C11H16N4/c1-15-7-3-10(9-15)8-12-4-2-11-13-5-6-14-11/h3,5-7,9,12H,2,4,8H2,1H3,(H,13,14). The van der Waals surface area contributed by atoms with Gasteiger partial charge in [-0.2, -0.15) is 0 Å². The van der Waals surface area contributed by atoms with Crippen molar-refractivity contribution in [1.29, 1.82) is 0 Å². The predicted molar refractivity (Wildman–Crippen MR) is 59.4 cm³/mol. The molecule has 2 aromatic heterocycles. The largest absolute Gasteiger partial charge is 0.357 e. The van der Waals surface area contributed by atoms with Crippen LogP contribution in [-0.2, 0) is 20.0 Å². The third-order valence-electron chi connectivity index (χ3n) is 2.32. The maximum Gasteiger partial charge on any atom is 0.107 e. The van der Waals surface area contributed by atoms with E-state index in [1.165, 1.54) is 5.56 Å². The Balaban J connectivity index is 1.67. The third-order valence-corrected chi connectivity index (χ3v) is 2.32. The Morgan fingerprint density at radius 2 is 2.47 bits per heavy atom. The number of aromatic amines is 1. The van der Waals surface area contributed by atoms with Gasteiger partial charge in [-0.25, -0.2) is 4.98 Å². The minimum absolute atomic E-state index is 0.918. The lowest BCUT2D eigenvalue weighted by molar-refractivity contribution is 0.673. The summed E-state index contributed by atoms with van der Waals surface area (Å²) >= 11 is 0. The Hall–Kier alpha value is -1.55. The number of H-pyrrole nitrogens is 1. The monoisotopic (exact) mass is 204 g/mol. The van der Waals surface area contributed by atoms with Crippen molar-refractivity contribution >= 4 is 0 Å². The molecule has 0 fully saturated rings. The molecule has 0 saturated carbocycles. The van der Waals surface area contributed by atoms with E-state index in [2.05, 4.69) is 38.3 Å². The van der Waals surface area contributed by atoms with Gasteiger partial charge in [-0.3, -0.25) is 0 Å². The van der Waals surface area contributed by atoms with Crippen molar-refractivity contribution in [2.45, 2.75) is 13.0 Å². The maximum atomic E-state index is 4.17. The summed E-state index contributed by atoms with van der Waals surface area (Å²) in [4.78, 5) is 7.25. The molecule has 0 amide bonds. The van der Waals surface area contributed by atoms with Gasteiger partial charge in [-0.05, 0) is 11.6 Å². The average Bonchev–Trinajstić information content (AvgIpc) is 2.84. The van der Waals surface area contributed by atoms with Crippen LogP contribution in [0, 0.1) is 0 Å². The topological polar surface area (TPSA) is 45.6 Å². The average molecular weight is 204 g/mol. The fraction of sp³-hybridized carbons (Fsp3) is 0.364. The van der Waals surface area contributed by atoms with Crippen LogP contribution in [0.4, 0.5) is 0 Å². The van der Waals surface area contributed by atoms with Crippen LogP contribution in [0.25, 0.3) is 0 Å². The fourth-order valence-electron chi connectivity index (χ4n) is 1.54. The van der Waals surface area contributed by atoms with Crippen LogP contribution < -0.4 is 5.32 Å². The first-order chi connectivity index (χ1) is 7.34. The molecule has 4 nitrogen and oxygen atoms in total. The van der Waals surface area contributed by atoms with Gasteiger partial charge in [0.1, 0.15) is 5.82 Å². The lowest BCUT2D eigenvalue weighted by Crippen LogP contribution is -2.16. The summed E-state index contributed by atoms with van der Waals surface area (Å²) < 4.78 is 2.06. The van der Waals surface area contributed by atoms with Gasteiger partial charge in [0.25, 0.3) is 0 Å². The number of nitrogens with one attached hydrogen (secondary N) is 2. The zero-order valence-electron chi connectivity index (χ0n) is 8.90. The molecule has 2 N–H and O–H groups in total. The van der Waals surface area contributed by atoms with Crippen molar-refractivity contribution < 1.29 is 0 Å². The van der Waals surface area contributed by atoms with E-state index in [4.69, 9.17) is 0 Å². The second-order valence-electron chi connectivity index (χ2n) is 3.65. The molecule has 4 heteroatoms. The van der Waals surface area contributed by atoms with E-state index in [1.807, 2.05) is 13.2 Å². The van der Waals surface area contributed by atoms with E-state index in [-0.39, 0.29) is 0 Å². The molecule has 80 valence electrons. The van der Waals surface area contributed by atoms with Crippen LogP contribution in [-0.4, -0.2) is 21.1 Å². The molecule has 0 saturated heterocycles. The first kappa shape index (κ1) is 9.98. The van der Waals surface area contributed by atoms with E-state index in [9.17, 15) is 0 Å². The zero-order chi connectivity index (χ0) is 10.5. The lowest BCUT2D eigenvalue weighted by atomic mass is 10.3. The minimum atomic E-state index is 0.918. The lowest BCUT2D eigenvalue weighted by Gasteiger charge is -2.01. The maximum absolute atomic E-state index is 4.17. The highest BCUT2D eigenvalue weighted by Gasteiger charge is 1.96. The van der Waals surface area contributed by atoms with E-state index in [0.29, 0.717) is 0 Å². The van der Waals surface area contributed by atoms with Gasteiger partial charge in [0, 0.05) is 51.3 Å². The van der Waals surface area contributed by atoms with Crippen molar-refractivity contribution in [3.05, 3.63) is 42.2 Å². The smallest absolute Gasteiger partial charge is 0.107 e. The molecule has 2 heterocycles.